The second-order valence-corrected chi connectivity index (χ2v) is 6.31. The summed E-state index contributed by atoms with van der Waals surface area (Å²) in [4.78, 5) is 0. The maximum atomic E-state index is 5.55. The van der Waals surface area contributed by atoms with E-state index >= 15 is 0 Å². The van der Waals surface area contributed by atoms with Crippen molar-refractivity contribution in [1.29, 1.82) is 0 Å². The first-order valence-electron chi connectivity index (χ1n) is 7.70. The van der Waals surface area contributed by atoms with Crippen molar-refractivity contribution in [3.63, 3.8) is 0 Å². The Labute approximate surface area is 112 Å². The number of allylic oxidation sites excluding steroid dienone is 2. The summed E-state index contributed by atoms with van der Waals surface area (Å²) >= 11 is 0. The average molecular weight is 251 g/mol. The molecule has 104 valence electrons. The zero-order chi connectivity index (χ0) is 13.0. The van der Waals surface area contributed by atoms with Gasteiger partial charge in [0.25, 0.3) is 0 Å². The highest BCUT2D eigenvalue weighted by Gasteiger charge is 2.38. The minimum atomic E-state index is 0.373. The molecule has 2 rings (SSSR count). The lowest BCUT2D eigenvalue weighted by Crippen LogP contribution is -2.36. The molecule has 0 aromatic rings. The first-order chi connectivity index (χ1) is 8.66. The fourth-order valence-electron chi connectivity index (χ4n) is 3.43. The van der Waals surface area contributed by atoms with Crippen molar-refractivity contribution in [2.24, 2.45) is 17.8 Å². The molecule has 2 nitrogen and oxygen atoms in total. The fraction of sp³-hybridized carbons (Fsp3) is 0.875. The van der Waals surface area contributed by atoms with Crippen molar-refractivity contribution in [2.45, 2.75) is 58.6 Å². The van der Waals surface area contributed by atoms with Crippen LogP contribution in [0, 0.1) is 17.8 Å². The van der Waals surface area contributed by atoms with E-state index in [9.17, 15) is 0 Å². The smallest absolute Gasteiger partial charge is 0.0518 e. The van der Waals surface area contributed by atoms with E-state index in [4.69, 9.17) is 4.74 Å². The molecule has 0 amide bonds. The summed E-state index contributed by atoms with van der Waals surface area (Å²) in [5.74, 6) is 2.64. The van der Waals surface area contributed by atoms with Gasteiger partial charge in [0.2, 0.25) is 0 Å². The Balaban J connectivity index is 1.53. The van der Waals surface area contributed by atoms with Gasteiger partial charge in [-0.1, -0.05) is 12.2 Å². The first kappa shape index (κ1) is 14.1. The van der Waals surface area contributed by atoms with E-state index in [0.29, 0.717) is 12.1 Å². The summed E-state index contributed by atoms with van der Waals surface area (Å²) in [7, 11) is 0. The Kier molecular flexibility index (Phi) is 5.25. The van der Waals surface area contributed by atoms with Crippen LogP contribution in [0.5, 0.6) is 0 Å². The molecule has 2 aliphatic rings. The molecular weight excluding hydrogens is 222 g/mol. The molecule has 1 N–H and O–H groups in total. The van der Waals surface area contributed by atoms with E-state index in [1.807, 2.05) is 0 Å². The third kappa shape index (κ3) is 3.83. The lowest BCUT2D eigenvalue weighted by molar-refractivity contribution is 0.0758. The van der Waals surface area contributed by atoms with Crippen LogP contribution in [0.3, 0.4) is 0 Å². The van der Waals surface area contributed by atoms with E-state index in [0.717, 1.165) is 30.9 Å². The molecule has 0 spiro atoms. The Bertz CT molecular complexity index is 274. The van der Waals surface area contributed by atoms with Gasteiger partial charge in [-0.2, -0.15) is 0 Å². The van der Waals surface area contributed by atoms with Gasteiger partial charge >= 0.3 is 0 Å². The molecule has 0 aliphatic heterocycles. The third-order valence-corrected chi connectivity index (χ3v) is 4.46. The van der Waals surface area contributed by atoms with Crippen molar-refractivity contribution in [2.75, 3.05) is 13.2 Å². The van der Waals surface area contributed by atoms with Crippen LogP contribution in [0.4, 0.5) is 0 Å². The number of hydrogen-bond donors (Lipinski definition) is 1. The first-order valence-corrected chi connectivity index (χ1v) is 7.70. The Morgan fingerprint density at radius 1 is 1.17 bits per heavy atom. The summed E-state index contributed by atoms with van der Waals surface area (Å²) in [5.41, 5.74) is 0. The van der Waals surface area contributed by atoms with Crippen molar-refractivity contribution < 1.29 is 4.74 Å². The van der Waals surface area contributed by atoms with Crippen LogP contribution in [-0.2, 0) is 4.74 Å². The van der Waals surface area contributed by atoms with E-state index in [-0.39, 0.29) is 0 Å². The lowest BCUT2D eigenvalue weighted by atomic mass is 9.87. The number of unbranched alkanes of at least 4 members (excludes halogenated alkanes) is 1. The molecule has 2 heteroatoms. The van der Waals surface area contributed by atoms with Crippen molar-refractivity contribution in [3.8, 4) is 0 Å². The predicted molar refractivity (Wildman–Crippen MR) is 76.6 cm³/mol. The van der Waals surface area contributed by atoms with Crippen LogP contribution in [0.2, 0.25) is 0 Å². The zero-order valence-corrected chi connectivity index (χ0v) is 12.2. The third-order valence-electron chi connectivity index (χ3n) is 4.46. The Morgan fingerprint density at radius 2 is 2.00 bits per heavy atom. The number of ether oxygens (including phenoxy) is 1. The SMILES string of the molecule is CC(C)OCCCCNC(C)C1CC2C=CC1C2. The zero-order valence-electron chi connectivity index (χ0n) is 12.2. The molecule has 18 heavy (non-hydrogen) atoms. The minimum Gasteiger partial charge on any atom is -0.379 e. The Morgan fingerprint density at radius 3 is 2.61 bits per heavy atom. The minimum absolute atomic E-state index is 0.373. The molecule has 4 unspecified atom stereocenters. The van der Waals surface area contributed by atoms with Gasteiger partial charge < -0.3 is 10.1 Å². The van der Waals surface area contributed by atoms with Crippen LogP contribution in [0.15, 0.2) is 12.2 Å². The molecule has 0 saturated heterocycles. The molecule has 4 atom stereocenters. The molecule has 0 radical (unpaired) electrons. The van der Waals surface area contributed by atoms with E-state index in [2.05, 4.69) is 38.2 Å². The van der Waals surface area contributed by atoms with Crippen molar-refractivity contribution in [1.82, 2.24) is 5.32 Å². The van der Waals surface area contributed by atoms with Gasteiger partial charge in [-0.25, -0.2) is 0 Å². The Hall–Kier alpha value is -0.340. The second-order valence-electron chi connectivity index (χ2n) is 6.31. The monoisotopic (exact) mass is 251 g/mol. The number of hydrogen-bond acceptors (Lipinski definition) is 2. The van der Waals surface area contributed by atoms with Crippen LogP contribution >= 0.6 is 0 Å². The standard InChI is InChI=1S/C16H29NO/c1-12(2)18-9-5-4-8-17-13(3)16-11-14-6-7-15(16)10-14/h6-7,12-17H,4-5,8-11H2,1-3H3. The van der Waals surface area contributed by atoms with Gasteiger partial charge in [-0.05, 0) is 70.8 Å². The molecule has 1 fully saturated rings. The molecule has 1 saturated carbocycles. The quantitative estimate of drug-likeness (QED) is 0.527. The fourth-order valence-corrected chi connectivity index (χ4v) is 3.43. The van der Waals surface area contributed by atoms with Crippen molar-refractivity contribution >= 4 is 0 Å². The maximum Gasteiger partial charge on any atom is 0.0518 e. The predicted octanol–water partition coefficient (Wildman–Crippen LogP) is 3.38. The van der Waals surface area contributed by atoms with E-state index < -0.39 is 0 Å². The van der Waals surface area contributed by atoms with Gasteiger partial charge in [-0.3, -0.25) is 0 Å². The highest BCUT2D eigenvalue weighted by Crippen LogP contribution is 2.44. The molecular formula is C16H29NO. The highest BCUT2D eigenvalue weighted by molar-refractivity contribution is 5.11. The second kappa shape index (κ2) is 6.72. The van der Waals surface area contributed by atoms with Crippen LogP contribution < -0.4 is 5.32 Å². The highest BCUT2D eigenvalue weighted by atomic mass is 16.5. The normalized spacial score (nSPS) is 31.4. The topological polar surface area (TPSA) is 21.3 Å². The number of fused-ring (bicyclic) bond motifs is 2. The summed E-state index contributed by atoms with van der Waals surface area (Å²) in [6, 6.07) is 0.677. The number of rotatable bonds is 8. The van der Waals surface area contributed by atoms with Gasteiger partial charge in [0.15, 0.2) is 0 Å². The lowest BCUT2D eigenvalue weighted by Gasteiger charge is -2.26. The average Bonchev–Trinajstić information content (AvgIpc) is 2.94. The van der Waals surface area contributed by atoms with Gasteiger partial charge in [0, 0.05) is 12.6 Å². The molecule has 2 bridgehead atoms. The van der Waals surface area contributed by atoms with E-state index in [1.165, 1.54) is 25.7 Å². The van der Waals surface area contributed by atoms with Crippen LogP contribution in [0.25, 0.3) is 0 Å². The maximum absolute atomic E-state index is 5.55. The summed E-state index contributed by atoms with van der Waals surface area (Å²) < 4.78 is 5.55. The van der Waals surface area contributed by atoms with Crippen LogP contribution in [0.1, 0.15) is 46.5 Å². The van der Waals surface area contributed by atoms with Crippen molar-refractivity contribution in [3.05, 3.63) is 12.2 Å². The van der Waals surface area contributed by atoms with E-state index in [1.54, 1.807) is 0 Å². The summed E-state index contributed by atoms with van der Waals surface area (Å²) in [5, 5.41) is 3.71. The van der Waals surface area contributed by atoms with Gasteiger partial charge in [-0.15, -0.1) is 0 Å². The largest absolute Gasteiger partial charge is 0.379 e. The van der Waals surface area contributed by atoms with Crippen LogP contribution in [-0.4, -0.2) is 25.3 Å². The summed E-state index contributed by atoms with van der Waals surface area (Å²) in [6.07, 6.45) is 10.5. The molecule has 0 aromatic heterocycles. The molecule has 0 heterocycles. The molecule has 2 aliphatic carbocycles. The summed E-state index contributed by atoms with van der Waals surface area (Å²) in [6.45, 7) is 8.61. The molecule has 0 aromatic carbocycles. The van der Waals surface area contributed by atoms with Gasteiger partial charge in [0.1, 0.15) is 0 Å². The van der Waals surface area contributed by atoms with Gasteiger partial charge in [0.05, 0.1) is 6.10 Å². The number of nitrogens with one attached hydrogen (secondary N) is 1.